The van der Waals surface area contributed by atoms with Gasteiger partial charge >= 0.3 is 0 Å². The highest BCUT2D eigenvalue weighted by Crippen LogP contribution is 2.27. The molecule has 0 saturated heterocycles. The van der Waals surface area contributed by atoms with E-state index in [4.69, 9.17) is 11.5 Å². The third kappa shape index (κ3) is 4.21. The van der Waals surface area contributed by atoms with Crippen molar-refractivity contribution in [1.29, 1.82) is 0 Å². The minimum Gasteiger partial charge on any atom is -0.369 e. The molecule has 0 aromatic carbocycles. The highest BCUT2D eigenvalue weighted by molar-refractivity contribution is 5.92. The normalized spacial score (nSPS) is 13.6. The molecule has 1 aliphatic rings. The second-order valence-corrected chi connectivity index (χ2v) is 3.28. The molecule has 80 valence electrons. The molecule has 15 heavy (non-hydrogen) atoms. The molecule has 2 amide bonds. The van der Waals surface area contributed by atoms with Crippen LogP contribution >= 0.6 is 0 Å². The molecule has 1 aromatic heterocycles. The molecule has 1 aliphatic carbocycles. The number of pyridine rings is 1. The van der Waals surface area contributed by atoms with Crippen LogP contribution in [0.15, 0.2) is 24.5 Å². The van der Waals surface area contributed by atoms with Crippen LogP contribution in [0.25, 0.3) is 0 Å². The maximum atomic E-state index is 10.4. The van der Waals surface area contributed by atoms with Gasteiger partial charge in [-0.3, -0.25) is 14.6 Å². The number of primary amides is 2. The summed E-state index contributed by atoms with van der Waals surface area (Å²) >= 11 is 0. The number of nitrogens with zero attached hydrogens (tertiary/aromatic N) is 1. The van der Waals surface area contributed by atoms with Crippen LogP contribution in [-0.4, -0.2) is 16.8 Å². The van der Waals surface area contributed by atoms with Gasteiger partial charge in [-0.2, -0.15) is 0 Å². The van der Waals surface area contributed by atoms with Gasteiger partial charge in [-0.25, -0.2) is 0 Å². The lowest BCUT2D eigenvalue weighted by atomic mass is 10.3. The first-order valence-electron chi connectivity index (χ1n) is 4.60. The zero-order valence-electron chi connectivity index (χ0n) is 8.22. The number of nitrogens with two attached hydrogens (primary N) is 2. The summed E-state index contributed by atoms with van der Waals surface area (Å²) in [6, 6.07) is 3.14. The lowest BCUT2D eigenvalue weighted by molar-refractivity contribution is -0.119. The SMILES string of the molecule is NC(=O)C1CC1.NC(=O)c1ccncc1. The summed E-state index contributed by atoms with van der Waals surface area (Å²) in [5.74, 6) is -0.308. The Morgan fingerprint density at radius 2 is 1.73 bits per heavy atom. The molecule has 0 radical (unpaired) electrons. The molecule has 0 bridgehead atoms. The van der Waals surface area contributed by atoms with E-state index in [0.29, 0.717) is 5.56 Å². The first kappa shape index (κ1) is 11.2. The van der Waals surface area contributed by atoms with Gasteiger partial charge in [0.25, 0.3) is 0 Å². The first-order valence-corrected chi connectivity index (χ1v) is 4.60. The highest BCUT2D eigenvalue weighted by atomic mass is 16.1. The standard InChI is InChI=1S/C6H6N2O.C4H7NO/c7-6(9)5-1-3-8-4-2-5;5-4(6)3-1-2-3/h1-4H,(H2,7,9);3H,1-2H2,(H2,5,6). The van der Waals surface area contributed by atoms with Gasteiger partial charge in [-0.1, -0.05) is 0 Å². The molecule has 4 N–H and O–H groups in total. The van der Waals surface area contributed by atoms with Gasteiger partial charge in [-0.15, -0.1) is 0 Å². The number of rotatable bonds is 2. The van der Waals surface area contributed by atoms with Crippen LogP contribution in [-0.2, 0) is 4.79 Å². The van der Waals surface area contributed by atoms with Crippen molar-refractivity contribution < 1.29 is 9.59 Å². The molecule has 0 unspecified atom stereocenters. The lowest BCUT2D eigenvalue weighted by Gasteiger charge is -1.88. The summed E-state index contributed by atoms with van der Waals surface area (Å²) in [7, 11) is 0. The van der Waals surface area contributed by atoms with Crippen molar-refractivity contribution in [1.82, 2.24) is 4.98 Å². The number of carbonyl (C=O) groups is 2. The average Bonchev–Trinajstić information content (AvgIpc) is 3.03. The Labute approximate surface area is 87.5 Å². The van der Waals surface area contributed by atoms with Crippen molar-refractivity contribution in [2.45, 2.75) is 12.8 Å². The molecule has 0 atom stereocenters. The fourth-order valence-corrected chi connectivity index (χ4v) is 0.884. The van der Waals surface area contributed by atoms with Crippen LogP contribution in [0.4, 0.5) is 0 Å². The summed E-state index contributed by atoms with van der Waals surface area (Å²) in [5.41, 5.74) is 10.3. The van der Waals surface area contributed by atoms with Gasteiger partial charge in [0.15, 0.2) is 0 Å². The molecule has 0 aliphatic heterocycles. The van der Waals surface area contributed by atoms with E-state index in [1.807, 2.05) is 0 Å². The fraction of sp³-hybridized carbons (Fsp3) is 0.300. The number of carbonyl (C=O) groups excluding carboxylic acids is 2. The Morgan fingerprint density at radius 1 is 1.20 bits per heavy atom. The zero-order chi connectivity index (χ0) is 11.3. The van der Waals surface area contributed by atoms with Gasteiger partial charge < -0.3 is 11.5 Å². The van der Waals surface area contributed by atoms with Gasteiger partial charge in [0.1, 0.15) is 0 Å². The van der Waals surface area contributed by atoms with Crippen LogP contribution < -0.4 is 11.5 Å². The Morgan fingerprint density at radius 3 is 1.93 bits per heavy atom. The minimum atomic E-state index is -0.419. The van der Waals surface area contributed by atoms with E-state index >= 15 is 0 Å². The molecular formula is C10H13N3O2. The quantitative estimate of drug-likeness (QED) is 0.717. The third-order valence-corrected chi connectivity index (χ3v) is 1.94. The lowest BCUT2D eigenvalue weighted by Crippen LogP contribution is -2.11. The van der Waals surface area contributed by atoms with E-state index in [1.165, 1.54) is 12.4 Å². The van der Waals surface area contributed by atoms with Crippen LogP contribution in [0.3, 0.4) is 0 Å². The maximum Gasteiger partial charge on any atom is 0.248 e. The van der Waals surface area contributed by atoms with Gasteiger partial charge in [0, 0.05) is 23.9 Å². The van der Waals surface area contributed by atoms with E-state index < -0.39 is 5.91 Å². The van der Waals surface area contributed by atoms with Crippen molar-refractivity contribution in [2.75, 3.05) is 0 Å². The number of hydrogen-bond donors (Lipinski definition) is 2. The molecule has 0 spiro atoms. The monoisotopic (exact) mass is 207 g/mol. The molecule has 1 fully saturated rings. The first-order chi connectivity index (χ1) is 7.11. The van der Waals surface area contributed by atoms with Crippen molar-refractivity contribution in [3.8, 4) is 0 Å². The van der Waals surface area contributed by atoms with Crippen molar-refractivity contribution in [3.05, 3.63) is 30.1 Å². The van der Waals surface area contributed by atoms with Crippen molar-refractivity contribution in [2.24, 2.45) is 17.4 Å². The predicted octanol–water partition coefficient (Wildman–Crippen LogP) is 0.0622. The molecular weight excluding hydrogens is 194 g/mol. The van der Waals surface area contributed by atoms with Gasteiger partial charge in [0.05, 0.1) is 0 Å². The van der Waals surface area contributed by atoms with E-state index in [2.05, 4.69) is 4.98 Å². The van der Waals surface area contributed by atoms with E-state index in [-0.39, 0.29) is 11.8 Å². The summed E-state index contributed by atoms with van der Waals surface area (Å²) in [6.45, 7) is 0. The van der Waals surface area contributed by atoms with Crippen LogP contribution in [0, 0.1) is 5.92 Å². The Hall–Kier alpha value is -1.91. The van der Waals surface area contributed by atoms with Gasteiger partial charge in [0.2, 0.25) is 11.8 Å². The highest BCUT2D eigenvalue weighted by Gasteiger charge is 2.26. The second-order valence-electron chi connectivity index (χ2n) is 3.28. The van der Waals surface area contributed by atoms with E-state index in [1.54, 1.807) is 12.1 Å². The van der Waals surface area contributed by atoms with Crippen molar-refractivity contribution in [3.63, 3.8) is 0 Å². The smallest absolute Gasteiger partial charge is 0.248 e. The topological polar surface area (TPSA) is 99.1 Å². The third-order valence-electron chi connectivity index (χ3n) is 1.94. The summed E-state index contributed by atoms with van der Waals surface area (Å²) in [6.07, 6.45) is 5.10. The number of aromatic nitrogens is 1. The Bertz CT molecular complexity index is 347. The molecule has 1 saturated carbocycles. The van der Waals surface area contributed by atoms with E-state index in [9.17, 15) is 9.59 Å². The molecule has 2 rings (SSSR count). The molecule has 1 heterocycles. The Kier molecular flexibility index (Phi) is 3.79. The largest absolute Gasteiger partial charge is 0.369 e. The number of hydrogen-bond acceptors (Lipinski definition) is 3. The molecule has 5 heteroatoms. The van der Waals surface area contributed by atoms with E-state index in [0.717, 1.165) is 12.8 Å². The predicted molar refractivity (Wildman–Crippen MR) is 54.7 cm³/mol. The summed E-state index contributed by atoms with van der Waals surface area (Å²) < 4.78 is 0. The van der Waals surface area contributed by atoms with Gasteiger partial charge in [-0.05, 0) is 25.0 Å². The second kappa shape index (κ2) is 5.09. The van der Waals surface area contributed by atoms with Crippen molar-refractivity contribution >= 4 is 11.8 Å². The summed E-state index contributed by atoms with van der Waals surface area (Å²) in [5, 5.41) is 0. The van der Waals surface area contributed by atoms with Crippen LogP contribution in [0.1, 0.15) is 23.2 Å². The Balaban J connectivity index is 0.000000162. The maximum absolute atomic E-state index is 10.4. The molecule has 1 aromatic rings. The van der Waals surface area contributed by atoms with Crippen LogP contribution in [0.2, 0.25) is 0 Å². The summed E-state index contributed by atoms with van der Waals surface area (Å²) in [4.78, 5) is 24.1. The molecule has 5 nitrogen and oxygen atoms in total. The number of amides is 2. The average molecular weight is 207 g/mol. The fourth-order valence-electron chi connectivity index (χ4n) is 0.884. The minimum absolute atomic E-state index is 0.130. The van der Waals surface area contributed by atoms with Crippen LogP contribution in [0.5, 0.6) is 0 Å². The zero-order valence-corrected chi connectivity index (χ0v) is 8.22.